The van der Waals surface area contributed by atoms with Crippen LogP contribution >= 0.6 is 0 Å². The molecule has 0 aliphatic carbocycles. The maximum Gasteiger partial charge on any atom is 0.308 e. The summed E-state index contributed by atoms with van der Waals surface area (Å²) in [4.78, 5) is 10.9. The number of aliphatic hydroxyl groups is 2. The molecule has 1 rings (SSSR count). The Labute approximate surface area is 96.5 Å². The van der Waals surface area contributed by atoms with Gasteiger partial charge < -0.3 is 14.9 Å². The first kappa shape index (κ1) is 13.5. The van der Waals surface area contributed by atoms with Crippen LogP contribution in [0.4, 0.5) is 8.78 Å². The molecule has 0 aliphatic rings. The monoisotopic (exact) mass is 246 g/mol. The summed E-state index contributed by atoms with van der Waals surface area (Å²) in [6.45, 7) is 0. The summed E-state index contributed by atoms with van der Waals surface area (Å²) in [6.07, 6.45) is -3.35. The number of hydrogen-bond acceptors (Lipinski definition) is 4. The lowest BCUT2D eigenvalue weighted by molar-refractivity contribution is -0.144. The summed E-state index contributed by atoms with van der Waals surface area (Å²) < 4.78 is 29.8. The van der Waals surface area contributed by atoms with Crippen molar-refractivity contribution in [2.45, 2.75) is 18.6 Å². The average molecular weight is 246 g/mol. The van der Waals surface area contributed by atoms with Crippen molar-refractivity contribution in [3.05, 3.63) is 35.4 Å². The van der Waals surface area contributed by atoms with Gasteiger partial charge in [0.15, 0.2) is 11.6 Å². The number of halogens is 2. The zero-order valence-electron chi connectivity index (χ0n) is 9.06. The lowest BCUT2D eigenvalue weighted by Crippen LogP contribution is -2.22. The Morgan fingerprint density at radius 3 is 2.53 bits per heavy atom. The summed E-state index contributed by atoms with van der Waals surface area (Å²) in [5, 5.41) is 19.1. The number of aliphatic hydroxyl groups excluding tert-OH is 2. The fraction of sp³-hybridized carbons (Fsp3) is 0.364. The van der Waals surface area contributed by atoms with Crippen LogP contribution in [0, 0.1) is 11.6 Å². The molecular formula is C11H12F2O4. The predicted octanol–water partition coefficient (Wildman–Crippen LogP) is 0.922. The molecule has 0 amide bonds. The van der Waals surface area contributed by atoms with E-state index in [0.717, 1.165) is 25.3 Å². The van der Waals surface area contributed by atoms with E-state index in [4.69, 9.17) is 0 Å². The summed E-state index contributed by atoms with van der Waals surface area (Å²) in [6, 6.07) is 2.73. The van der Waals surface area contributed by atoms with Gasteiger partial charge in [-0.2, -0.15) is 0 Å². The second-order valence-corrected chi connectivity index (χ2v) is 3.47. The van der Waals surface area contributed by atoms with Gasteiger partial charge in [0.1, 0.15) is 6.10 Å². The molecular weight excluding hydrogens is 234 g/mol. The van der Waals surface area contributed by atoms with E-state index in [1.165, 1.54) is 0 Å². The molecule has 6 heteroatoms. The molecule has 1 aromatic rings. The quantitative estimate of drug-likeness (QED) is 0.775. The van der Waals surface area contributed by atoms with Crippen LogP contribution < -0.4 is 0 Å². The molecule has 0 saturated heterocycles. The highest BCUT2D eigenvalue weighted by atomic mass is 19.2. The Balaban J connectivity index is 2.77. The van der Waals surface area contributed by atoms with Gasteiger partial charge in [-0.25, -0.2) is 8.78 Å². The van der Waals surface area contributed by atoms with Gasteiger partial charge in [0, 0.05) is 0 Å². The van der Waals surface area contributed by atoms with Crippen molar-refractivity contribution in [1.29, 1.82) is 0 Å². The molecule has 2 atom stereocenters. The van der Waals surface area contributed by atoms with Gasteiger partial charge in [-0.15, -0.1) is 0 Å². The van der Waals surface area contributed by atoms with E-state index >= 15 is 0 Å². The normalized spacial score (nSPS) is 14.2. The second-order valence-electron chi connectivity index (χ2n) is 3.47. The zero-order chi connectivity index (χ0) is 13.0. The van der Waals surface area contributed by atoms with E-state index in [2.05, 4.69) is 4.74 Å². The van der Waals surface area contributed by atoms with Crippen LogP contribution in [0.1, 0.15) is 18.1 Å². The highest BCUT2D eigenvalue weighted by Crippen LogP contribution is 2.21. The van der Waals surface area contributed by atoms with Crippen molar-refractivity contribution in [3.8, 4) is 0 Å². The molecule has 0 aromatic heterocycles. The van der Waals surface area contributed by atoms with Crippen molar-refractivity contribution >= 4 is 5.97 Å². The van der Waals surface area contributed by atoms with E-state index in [0.29, 0.717) is 0 Å². The van der Waals surface area contributed by atoms with Crippen molar-refractivity contribution in [1.82, 2.24) is 0 Å². The van der Waals surface area contributed by atoms with Crippen LogP contribution in [0.25, 0.3) is 0 Å². The summed E-state index contributed by atoms with van der Waals surface area (Å²) in [5.74, 6) is -2.89. The molecule has 0 spiro atoms. The Hall–Kier alpha value is -1.53. The molecule has 0 heterocycles. The van der Waals surface area contributed by atoms with Crippen molar-refractivity contribution < 1.29 is 28.5 Å². The highest BCUT2D eigenvalue weighted by Gasteiger charge is 2.22. The topological polar surface area (TPSA) is 66.8 Å². The van der Waals surface area contributed by atoms with Gasteiger partial charge in [0.05, 0.1) is 19.6 Å². The molecule has 2 unspecified atom stereocenters. The third-order valence-corrected chi connectivity index (χ3v) is 2.25. The maximum absolute atomic E-state index is 12.9. The third-order valence-electron chi connectivity index (χ3n) is 2.25. The number of ether oxygens (including phenoxy) is 1. The van der Waals surface area contributed by atoms with Crippen molar-refractivity contribution in [2.75, 3.05) is 7.11 Å². The highest BCUT2D eigenvalue weighted by molar-refractivity contribution is 5.69. The largest absolute Gasteiger partial charge is 0.469 e. The van der Waals surface area contributed by atoms with Gasteiger partial charge in [-0.05, 0) is 17.7 Å². The van der Waals surface area contributed by atoms with Crippen LogP contribution in [0.5, 0.6) is 0 Å². The number of rotatable bonds is 4. The summed E-state index contributed by atoms with van der Waals surface area (Å²) >= 11 is 0. The number of methoxy groups -OCH3 is 1. The molecule has 0 aliphatic heterocycles. The Kier molecular flexibility index (Phi) is 4.53. The number of carbonyl (C=O) groups excluding carboxylic acids is 1. The zero-order valence-corrected chi connectivity index (χ0v) is 9.06. The average Bonchev–Trinajstić information content (AvgIpc) is 2.31. The van der Waals surface area contributed by atoms with Gasteiger partial charge in [0.2, 0.25) is 0 Å². The Morgan fingerprint density at radius 1 is 1.35 bits per heavy atom. The SMILES string of the molecule is COC(=O)CC(O)C(O)c1ccc(F)c(F)c1. The molecule has 2 N–H and O–H groups in total. The second kappa shape index (κ2) is 5.70. The van der Waals surface area contributed by atoms with Crippen LogP contribution in [0.15, 0.2) is 18.2 Å². The first-order valence-electron chi connectivity index (χ1n) is 4.83. The predicted molar refractivity (Wildman–Crippen MR) is 54.0 cm³/mol. The van der Waals surface area contributed by atoms with Crippen LogP contribution in [0.3, 0.4) is 0 Å². The molecule has 94 valence electrons. The minimum Gasteiger partial charge on any atom is -0.469 e. The molecule has 1 aromatic carbocycles. The van der Waals surface area contributed by atoms with Gasteiger partial charge in [-0.1, -0.05) is 6.07 Å². The number of esters is 1. The fourth-order valence-corrected chi connectivity index (χ4v) is 1.28. The Morgan fingerprint density at radius 2 is 2.00 bits per heavy atom. The lowest BCUT2D eigenvalue weighted by Gasteiger charge is -2.17. The van der Waals surface area contributed by atoms with Crippen molar-refractivity contribution in [3.63, 3.8) is 0 Å². The van der Waals surface area contributed by atoms with Crippen LogP contribution in [0.2, 0.25) is 0 Å². The number of benzene rings is 1. The van der Waals surface area contributed by atoms with Gasteiger partial charge in [0.25, 0.3) is 0 Å². The summed E-state index contributed by atoms with van der Waals surface area (Å²) in [7, 11) is 1.14. The Bertz CT molecular complexity index is 408. The maximum atomic E-state index is 12.9. The van der Waals surface area contributed by atoms with E-state index in [1.54, 1.807) is 0 Å². The molecule has 0 bridgehead atoms. The number of hydrogen-bond donors (Lipinski definition) is 2. The van der Waals surface area contributed by atoms with Crippen LogP contribution in [-0.4, -0.2) is 29.4 Å². The van der Waals surface area contributed by atoms with Gasteiger partial charge in [-0.3, -0.25) is 4.79 Å². The van der Waals surface area contributed by atoms with Gasteiger partial charge >= 0.3 is 5.97 Å². The molecule has 0 radical (unpaired) electrons. The lowest BCUT2D eigenvalue weighted by atomic mass is 10.0. The van der Waals surface area contributed by atoms with E-state index in [-0.39, 0.29) is 5.56 Å². The molecule has 0 saturated carbocycles. The van der Waals surface area contributed by atoms with E-state index in [9.17, 15) is 23.8 Å². The summed E-state index contributed by atoms with van der Waals surface area (Å²) in [5.41, 5.74) is -0.0136. The molecule has 17 heavy (non-hydrogen) atoms. The molecule has 0 fully saturated rings. The molecule has 4 nitrogen and oxygen atoms in total. The van der Waals surface area contributed by atoms with Crippen molar-refractivity contribution in [2.24, 2.45) is 0 Å². The fourth-order valence-electron chi connectivity index (χ4n) is 1.28. The first-order chi connectivity index (χ1) is 7.95. The first-order valence-corrected chi connectivity index (χ1v) is 4.83. The van der Waals surface area contributed by atoms with E-state index < -0.39 is 36.2 Å². The third kappa shape index (κ3) is 3.47. The minimum atomic E-state index is -1.48. The number of carbonyl (C=O) groups is 1. The standard InChI is InChI=1S/C11H12F2O4/c1-17-10(15)5-9(14)11(16)6-2-3-7(12)8(13)4-6/h2-4,9,11,14,16H,5H2,1H3. The van der Waals surface area contributed by atoms with E-state index in [1.807, 2.05) is 0 Å². The minimum absolute atomic E-state index is 0.0136. The smallest absolute Gasteiger partial charge is 0.308 e. The van der Waals surface area contributed by atoms with Crippen LogP contribution in [-0.2, 0) is 9.53 Å².